The molecule has 0 saturated carbocycles. The van der Waals surface area contributed by atoms with Gasteiger partial charge in [0.05, 0.1) is 11.1 Å². The molecular weight excluding hydrogens is 555 g/mol. The van der Waals surface area contributed by atoms with E-state index in [2.05, 4.69) is 4.84 Å². The third-order valence-corrected chi connectivity index (χ3v) is 4.48. The van der Waals surface area contributed by atoms with E-state index in [9.17, 15) is 9.59 Å². The number of carbonyl (C=O) groups excluding carboxylic acids is 1. The van der Waals surface area contributed by atoms with Crippen molar-refractivity contribution in [3.8, 4) is 0 Å². The Morgan fingerprint density at radius 1 is 1.19 bits per heavy atom. The lowest BCUT2D eigenvalue weighted by Crippen LogP contribution is -2.16. The summed E-state index contributed by atoms with van der Waals surface area (Å²) in [6, 6.07) is 1.60. The molecule has 0 spiro atoms. The molecule has 0 fully saturated rings. The van der Waals surface area contributed by atoms with E-state index in [-0.39, 0.29) is 11.1 Å². The minimum absolute atomic E-state index is 0.0852. The zero-order valence-electron chi connectivity index (χ0n) is 7.46. The number of carboxylic acids is 1. The van der Waals surface area contributed by atoms with Gasteiger partial charge in [-0.25, -0.2) is 9.59 Å². The Hall–Kier alpha value is 0.310. The third kappa shape index (κ3) is 2.76. The van der Waals surface area contributed by atoms with E-state index in [1.54, 1.807) is 28.7 Å². The van der Waals surface area contributed by atoms with Crippen LogP contribution in [0.15, 0.2) is 6.07 Å². The Morgan fingerprint density at radius 2 is 1.69 bits per heavy atom. The predicted molar refractivity (Wildman–Crippen MR) is 81.2 cm³/mol. The highest BCUT2D eigenvalue weighted by molar-refractivity contribution is 14.1. The Labute approximate surface area is 131 Å². The fourth-order valence-electron chi connectivity index (χ4n) is 1.03. The van der Waals surface area contributed by atoms with E-state index in [1.165, 1.54) is 0 Å². The lowest BCUT2D eigenvalue weighted by molar-refractivity contribution is 0.0501. The van der Waals surface area contributed by atoms with E-state index in [1.807, 2.05) is 45.2 Å². The first-order valence-corrected chi connectivity index (χ1v) is 6.95. The van der Waals surface area contributed by atoms with E-state index < -0.39 is 11.9 Å². The average molecular weight is 559 g/mol. The monoisotopic (exact) mass is 559 g/mol. The van der Waals surface area contributed by atoms with Crippen LogP contribution in [0.25, 0.3) is 0 Å². The molecule has 5 nitrogen and oxygen atoms in total. The first-order chi connectivity index (χ1) is 7.40. The highest BCUT2D eigenvalue weighted by Gasteiger charge is 2.23. The van der Waals surface area contributed by atoms with Gasteiger partial charge in [-0.1, -0.05) is 0 Å². The summed E-state index contributed by atoms with van der Waals surface area (Å²) in [5.74, 6) is 2.97. The molecule has 0 saturated heterocycles. The van der Waals surface area contributed by atoms with Crippen LogP contribution in [0.4, 0.5) is 0 Å². The molecule has 0 atom stereocenters. The summed E-state index contributed by atoms with van der Waals surface area (Å²) in [5.41, 5.74) is 0.267. The summed E-state index contributed by atoms with van der Waals surface area (Å²) >= 11 is 5.64. The van der Waals surface area contributed by atoms with Gasteiger partial charge < -0.3 is 9.94 Å². The van der Waals surface area contributed by atoms with E-state index in [0.717, 1.165) is 0 Å². The number of hydrogen-bond acceptors (Lipinski definition) is 4. The summed E-state index contributed by atoms with van der Waals surface area (Å²) in [6.45, 7) is 0. The van der Waals surface area contributed by atoms with Gasteiger partial charge in [-0.2, -0.15) is 5.90 Å². The molecule has 1 rings (SSSR count). The molecule has 0 aliphatic heterocycles. The molecule has 16 heavy (non-hydrogen) atoms. The molecule has 0 radical (unpaired) electrons. The average Bonchev–Trinajstić information content (AvgIpc) is 2.15. The first kappa shape index (κ1) is 14.4. The van der Waals surface area contributed by atoms with Gasteiger partial charge in [0.2, 0.25) is 0 Å². The Bertz CT molecular complexity index is 475. The van der Waals surface area contributed by atoms with Crippen LogP contribution < -0.4 is 5.90 Å². The highest BCUT2D eigenvalue weighted by Crippen LogP contribution is 2.28. The molecule has 0 aliphatic rings. The van der Waals surface area contributed by atoms with Gasteiger partial charge in [-0.05, 0) is 73.8 Å². The Morgan fingerprint density at radius 3 is 2.12 bits per heavy atom. The van der Waals surface area contributed by atoms with E-state index in [0.29, 0.717) is 10.7 Å². The quantitative estimate of drug-likeness (QED) is 0.429. The van der Waals surface area contributed by atoms with Gasteiger partial charge in [0.15, 0.2) is 0 Å². The minimum atomic E-state index is -1.09. The summed E-state index contributed by atoms with van der Waals surface area (Å²) in [4.78, 5) is 26.5. The zero-order chi connectivity index (χ0) is 12.5. The SMILES string of the molecule is NOC(=O)c1c(I)cc(I)c(C(=O)O)c1I. The summed E-state index contributed by atoms with van der Waals surface area (Å²) in [6.07, 6.45) is 0. The van der Waals surface area contributed by atoms with Crippen molar-refractivity contribution in [2.75, 3.05) is 0 Å². The Kier molecular flexibility index (Phi) is 5.18. The molecule has 0 amide bonds. The molecule has 0 unspecified atom stereocenters. The van der Waals surface area contributed by atoms with Crippen molar-refractivity contribution in [1.82, 2.24) is 0 Å². The number of carboxylic acid groups (broad SMARTS) is 1. The van der Waals surface area contributed by atoms with Crippen LogP contribution >= 0.6 is 67.8 Å². The van der Waals surface area contributed by atoms with Crippen LogP contribution in [-0.2, 0) is 4.84 Å². The summed E-state index contributed by atoms with van der Waals surface area (Å²) in [5, 5.41) is 9.02. The normalized spacial score (nSPS) is 10.0. The molecule has 86 valence electrons. The van der Waals surface area contributed by atoms with Gasteiger partial charge in [0.1, 0.15) is 0 Å². The van der Waals surface area contributed by atoms with Crippen molar-refractivity contribution in [2.24, 2.45) is 5.90 Å². The van der Waals surface area contributed by atoms with Crippen molar-refractivity contribution in [1.29, 1.82) is 0 Å². The molecule has 1 aromatic rings. The highest BCUT2D eigenvalue weighted by atomic mass is 127. The van der Waals surface area contributed by atoms with Crippen LogP contribution in [-0.4, -0.2) is 17.0 Å². The molecule has 0 bridgehead atoms. The maximum Gasteiger partial charge on any atom is 0.358 e. The fourth-order valence-corrected chi connectivity index (χ4v) is 5.31. The van der Waals surface area contributed by atoms with Gasteiger partial charge in [-0.3, -0.25) is 0 Å². The molecular formula is C8H4I3NO4. The molecule has 3 N–H and O–H groups in total. The third-order valence-electron chi connectivity index (χ3n) is 1.70. The maximum absolute atomic E-state index is 11.4. The number of hydrogen-bond donors (Lipinski definition) is 2. The van der Waals surface area contributed by atoms with Crippen LogP contribution in [0.3, 0.4) is 0 Å². The van der Waals surface area contributed by atoms with Crippen molar-refractivity contribution >= 4 is 79.7 Å². The molecule has 0 aliphatic carbocycles. The van der Waals surface area contributed by atoms with Gasteiger partial charge >= 0.3 is 11.9 Å². The van der Waals surface area contributed by atoms with Crippen molar-refractivity contribution in [2.45, 2.75) is 0 Å². The smallest absolute Gasteiger partial charge is 0.358 e. The van der Waals surface area contributed by atoms with Gasteiger partial charge in [0, 0.05) is 10.7 Å². The second kappa shape index (κ2) is 5.77. The van der Waals surface area contributed by atoms with Crippen molar-refractivity contribution in [3.05, 3.63) is 27.9 Å². The lowest BCUT2D eigenvalue weighted by Gasteiger charge is -2.09. The second-order valence-electron chi connectivity index (χ2n) is 2.61. The number of benzene rings is 1. The maximum atomic E-state index is 11.4. The second-order valence-corrected chi connectivity index (χ2v) is 6.02. The molecule has 0 aromatic heterocycles. The van der Waals surface area contributed by atoms with Crippen LogP contribution in [0, 0.1) is 10.7 Å². The summed E-state index contributed by atoms with van der Waals surface area (Å²) in [7, 11) is 0. The van der Waals surface area contributed by atoms with E-state index in [4.69, 9.17) is 11.0 Å². The van der Waals surface area contributed by atoms with Crippen LogP contribution in [0.2, 0.25) is 0 Å². The minimum Gasteiger partial charge on any atom is -0.478 e. The number of nitrogens with two attached hydrogens (primary N) is 1. The number of carbonyl (C=O) groups is 2. The number of halogens is 3. The number of rotatable bonds is 2. The van der Waals surface area contributed by atoms with Crippen molar-refractivity contribution in [3.63, 3.8) is 0 Å². The molecule has 8 heteroatoms. The zero-order valence-corrected chi connectivity index (χ0v) is 13.9. The fraction of sp³-hybridized carbons (Fsp3) is 0. The lowest BCUT2D eigenvalue weighted by atomic mass is 10.1. The number of aromatic carboxylic acids is 1. The Balaban J connectivity index is 3.57. The van der Waals surface area contributed by atoms with Crippen LogP contribution in [0.1, 0.15) is 20.7 Å². The first-order valence-electron chi connectivity index (χ1n) is 3.72. The standard InChI is InChI=1S/C8H4I3NO4/c9-2-1-3(10)5(8(15)16-12)6(11)4(2)7(13)14/h1H,12H2,(H,13,14). The molecule has 0 heterocycles. The van der Waals surface area contributed by atoms with E-state index >= 15 is 0 Å². The van der Waals surface area contributed by atoms with Crippen molar-refractivity contribution < 1.29 is 19.5 Å². The van der Waals surface area contributed by atoms with Gasteiger partial charge in [0.25, 0.3) is 0 Å². The largest absolute Gasteiger partial charge is 0.478 e. The van der Waals surface area contributed by atoms with Gasteiger partial charge in [-0.15, -0.1) is 0 Å². The van der Waals surface area contributed by atoms with Crippen LogP contribution in [0.5, 0.6) is 0 Å². The topological polar surface area (TPSA) is 89.6 Å². The molecule has 1 aromatic carbocycles. The predicted octanol–water partition coefficient (Wildman–Crippen LogP) is 2.23. The summed E-state index contributed by atoms with van der Waals surface area (Å²) < 4.78 is 1.50.